The van der Waals surface area contributed by atoms with Gasteiger partial charge in [0.1, 0.15) is 43.2 Å². The van der Waals surface area contributed by atoms with E-state index in [1.54, 1.807) is 23.1 Å². The predicted molar refractivity (Wildman–Crippen MR) is 242 cm³/mol. The number of fused-ring (bicyclic) bond motifs is 2. The number of benzene rings is 3. The molecule has 3 aromatic rings. The van der Waals surface area contributed by atoms with Gasteiger partial charge in [0.15, 0.2) is 5.82 Å². The summed E-state index contributed by atoms with van der Waals surface area (Å²) in [5.74, 6) is -0.398. The van der Waals surface area contributed by atoms with E-state index in [-0.39, 0.29) is 67.5 Å². The highest BCUT2D eigenvalue weighted by atomic mass is 35.5. The molecule has 3 aromatic carbocycles. The van der Waals surface area contributed by atoms with E-state index in [0.717, 1.165) is 75.7 Å². The number of unbranched alkanes of at least 4 members (excludes halogenated alkanes) is 4. The van der Waals surface area contributed by atoms with Crippen LogP contribution in [0.5, 0.6) is 5.75 Å². The average Bonchev–Trinajstić information content (AvgIpc) is 4.04. The number of hydrogen-bond acceptors (Lipinski definition) is 9. The van der Waals surface area contributed by atoms with Crippen molar-refractivity contribution in [3.63, 3.8) is 0 Å². The Morgan fingerprint density at radius 2 is 1.67 bits per heavy atom. The second kappa shape index (κ2) is 18.7. The minimum atomic E-state index is -0.837. The van der Waals surface area contributed by atoms with Crippen LogP contribution in [-0.2, 0) is 16.1 Å². The highest BCUT2D eigenvalue weighted by Crippen LogP contribution is 2.44. The molecule has 9 rings (SSSR count). The fourth-order valence-corrected chi connectivity index (χ4v) is 11.0. The summed E-state index contributed by atoms with van der Waals surface area (Å²) in [4.78, 5) is 51.0. The first-order valence-corrected chi connectivity index (χ1v) is 23.6. The highest BCUT2D eigenvalue weighted by molar-refractivity contribution is 6.41. The lowest BCUT2D eigenvalue weighted by Gasteiger charge is -2.38. The number of aliphatic hydroxyl groups excluding tert-OH is 1. The molecule has 0 aliphatic carbocycles. The van der Waals surface area contributed by atoms with E-state index in [0.29, 0.717) is 82.6 Å². The Kier molecular flexibility index (Phi) is 13.0. The van der Waals surface area contributed by atoms with Gasteiger partial charge in [-0.25, -0.2) is 23.1 Å². The summed E-state index contributed by atoms with van der Waals surface area (Å²) in [5, 5.41) is 14.2. The summed E-state index contributed by atoms with van der Waals surface area (Å²) in [6.07, 6.45) is 7.07. The van der Waals surface area contributed by atoms with Crippen LogP contribution in [0, 0.1) is 11.6 Å². The molecule has 4 fully saturated rings. The molecule has 2 N–H and O–H groups in total. The van der Waals surface area contributed by atoms with Crippen LogP contribution in [0.2, 0.25) is 5.02 Å². The number of carbonyl (C=O) groups excluding carboxylic acids is 3. The number of ether oxygens (including phenoxy) is 1. The van der Waals surface area contributed by atoms with E-state index in [4.69, 9.17) is 27.9 Å². The van der Waals surface area contributed by atoms with E-state index >= 15 is 8.78 Å². The summed E-state index contributed by atoms with van der Waals surface area (Å²) < 4.78 is 38.3. The van der Waals surface area contributed by atoms with Gasteiger partial charge in [-0.1, -0.05) is 67.2 Å². The number of nitrogens with one attached hydrogen (secondary N) is 1. The van der Waals surface area contributed by atoms with Crippen molar-refractivity contribution in [3.8, 4) is 16.9 Å². The predicted octanol–water partition coefficient (Wildman–Crippen LogP) is 7.31. The van der Waals surface area contributed by atoms with Gasteiger partial charge in [-0.05, 0) is 93.0 Å². The quantitative estimate of drug-likeness (QED) is 0.0794. The third kappa shape index (κ3) is 8.52. The molecule has 2 atom stereocenters. The van der Waals surface area contributed by atoms with Crippen LogP contribution < -0.4 is 10.1 Å². The summed E-state index contributed by atoms with van der Waals surface area (Å²) in [6.45, 7) is 10.6. The van der Waals surface area contributed by atoms with Gasteiger partial charge in [-0.2, -0.15) is 0 Å². The minimum Gasteiger partial charge on any atom is -0.493 e. The van der Waals surface area contributed by atoms with Gasteiger partial charge in [0.25, 0.3) is 11.8 Å². The van der Waals surface area contributed by atoms with Crippen molar-refractivity contribution in [1.82, 2.24) is 19.6 Å². The summed E-state index contributed by atoms with van der Waals surface area (Å²) in [7, 11) is 0. The molecule has 0 radical (unpaired) electrons. The zero-order valence-electron chi connectivity index (χ0n) is 36.1. The smallest absolute Gasteiger partial charge is 0.316 e. The lowest BCUT2D eigenvalue weighted by molar-refractivity contribution is -0.788. The summed E-state index contributed by atoms with van der Waals surface area (Å²) >= 11 is 12.6. The number of quaternary nitrogens is 1. The van der Waals surface area contributed by atoms with Crippen LogP contribution in [0.3, 0.4) is 0 Å². The zero-order chi connectivity index (χ0) is 44.7. The SMILES string of the molecule is C=C(Cl)C(=O)N1CCN(C2=NCNc3c2cc(Cl)c(-c2c(F)cccc2OCCCCCCCN2CCC(c4cccc5c4CN(C4CCC(=O)[N+]6(CC6)C4O)C5=O)CC2)c3F)CC1. The number of piperazine rings is 1. The van der Waals surface area contributed by atoms with E-state index in [2.05, 4.69) is 27.9 Å². The number of aliphatic imine (C=N–C) groups is 1. The molecule has 0 saturated carbocycles. The van der Waals surface area contributed by atoms with Gasteiger partial charge in [0.05, 0.1) is 34.3 Å². The Hall–Kier alpha value is -4.60. The molecule has 3 amide bonds. The maximum absolute atomic E-state index is 16.5. The van der Waals surface area contributed by atoms with Gasteiger partial charge in [-0.3, -0.25) is 9.59 Å². The van der Waals surface area contributed by atoms with Crippen LogP contribution in [0.15, 0.2) is 59.1 Å². The average molecular weight is 920 g/mol. The van der Waals surface area contributed by atoms with Gasteiger partial charge >= 0.3 is 5.91 Å². The lowest BCUT2D eigenvalue weighted by atomic mass is 9.85. The first-order chi connectivity index (χ1) is 31.0. The Balaban J connectivity index is 0.725. The van der Waals surface area contributed by atoms with Crippen molar-refractivity contribution < 1.29 is 37.5 Å². The lowest BCUT2D eigenvalue weighted by Crippen LogP contribution is -2.59. The number of amides is 3. The molecule has 0 bridgehead atoms. The number of aliphatic hydroxyl groups is 1. The maximum Gasteiger partial charge on any atom is 0.316 e. The van der Waals surface area contributed by atoms with Crippen LogP contribution in [0.1, 0.15) is 90.8 Å². The topological polar surface area (TPSA) is 118 Å². The Morgan fingerprint density at radius 1 is 0.938 bits per heavy atom. The number of piperidine rings is 2. The van der Waals surface area contributed by atoms with Crippen molar-refractivity contribution in [3.05, 3.63) is 93.0 Å². The fourth-order valence-electron chi connectivity index (χ4n) is 10.6. The molecule has 1 spiro atoms. The molecule has 4 saturated heterocycles. The number of rotatable bonds is 13. The Bertz CT molecular complexity index is 2360. The van der Waals surface area contributed by atoms with Crippen molar-refractivity contribution in [2.75, 3.05) is 77.5 Å². The van der Waals surface area contributed by atoms with E-state index in [9.17, 15) is 19.5 Å². The van der Waals surface area contributed by atoms with Crippen LogP contribution in [0.25, 0.3) is 11.1 Å². The number of anilines is 1. The normalized spacial score (nSPS) is 22.0. The van der Waals surface area contributed by atoms with Gasteiger partial charge in [0.2, 0.25) is 6.23 Å². The molecular formula is C48H56Cl2F2N7O5+. The second-order valence-electron chi connectivity index (χ2n) is 18.0. The molecule has 0 aromatic heterocycles. The molecule has 12 nitrogen and oxygen atoms in total. The van der Waals surface area contributed by atoms with Crippen LogP contribution in [-0.4, -0.2) is 137 Å². The first-order valence-electron chi connectivity index (χ1n) is 22.8. The third-order valence-corrected chi connectivity index (χ3v) is 14.8. The molecule has 6 heterocycles. The molecule has 16 heteroatoms. The van der Waals surface area contributed by atoms with E-state index in [1.165, 1.54) is 11.6 Å². The monoisotopic (exact) mass is 918 g/mol. The fraction of sp³-hybridized carbons (Fsp3) is 0.500. The number of halogens is 4. The molecule has 64 heavy (non-hydrogen) atoms. The number of nitrogens with zero attached hydrogens (tertiary/aromatic N) is 6. The maximum atomic E-state index is 16.5. The Labute approximate surface area is 383 Å². The minimum absolute atomic E-state index is 0.0215. The standard InChI is InChI=1S/C48H56Cl2F2N7O5/c1-30(49)46(61)57-22-20-56(21-23-57)45-34-27-36(50)41(43(52)44(34)53-29-54-45)42-37(51)11-8-12-39(42)64-26-6-4-2-3-5-17-55-18-15-31(16-19-55)32-9-7-10-33-35(32)28-58(47(33)62)38-13-14-40(60)59(24-25-59)48(38)63/h7-12,27,31,38,48,53,63H,1-6,13-26,28-29H2/q+1. The number of amidine groups is 1. The van der Waals surface area contributed by atoms with Crippen LogP contribution >= 0.6 is 23.2 Å². The molecular weight excluding hydrogens is 863 g/mol. The summed E-state index contributed by atoms with van der Waals surface area (Å²) in [5.41, 5.74) is 3.66. The van der Waals surface area contributed by atoms with Crippen molar-refractivity contribution in [1.29, 1.82) is 0 Å². The Morgan fingerprint density at radius 3 is 2.42 bits per heavy atom. The first kappa shape index (κ1) is 44.6. The highest BCUT2D eigenvalue weighted by Gasteiger charge is 2.62. The van der Waals surface area contributed by atoms with Gasteiger partial charge < -0.3 is 34.8 Å². The molecule has 6 aliphatic heterocycles. The number of hydrogen-bond donors (Lipinski definition) is 2. The number of carbonyl (C=O) groups is 3. The van der Waals surface area contributed by atoms with Gasteiger partial charge in [-0.15, -0.1) is 0 Å². The van der Waals surface area contributed by atoms with Crippen molar-refractivity contribution in [2.45, 2.75) is 82.5 Å². The molecule has 6 aliphatic rings. The second-order valence-corrected chi connectivity index (χ2v) is 18.9. The number of likely N-dealkylation sites (tertiary alicyclic amines) is 1. The van der Waals surface area contributed by atoms with E-state index in [1.807, 2.05) is 21.9 Å². The van der Waals surface area contributed by atoms with Crippen molar-refractivity contribution >= 4 is 52.4 Å². The van der Waals surface area contributed by atoms with E-state index < -0.39 is 17.9 Å². The third-order valence-electron chi connectivity index (χ3n) is 14.3. The van der Waals surface area contributed by atoms with Gasteiger partial charge in [0, 0.05) is 49.4 Å². The zero-order valence-corrected chi connectivity index (χ0v) is 37.6. The largest absolute Gasteiger partial charge is 0.493 e. The summed E-state index contributed by atoms with van der Waals surface area (Å²) in [6, 6.07) is 11.8. The molecule has 340 valence electrons. The van der Waals surface area contributed by atoms with Crippen molar-refractivity contribution in [2.24, 2.45) is 4.99 Å². The van der Waals surface area contributed by atoms with Crippen LogP contribution in [0.4, 0.5) is 14.5 Å². The molecule has 2 unspecified atom stereocenters.